The van der Waals surface area contributed by atoms with Crippen LogP contribution in [0.25, 0.3) is 6.08 Å². The van der Waals surface area contributed by atoms with E-state index >= 15 is 0 Å². The van der Waals surface area contributed by atoms with Crippen molar-refractivity contribution in [2.45, 2.75) is 27.4 Å². The molecule has 5 heteroatoms. The van der Waals surface area contributed by atoms with E-state index in [9.17, 15) is 9.59 Å². The molecule has 3 rings (SSSR count). The van der Waals surface area contributed by atoms with Crippen LogP contribution in [0.2, 0.25) is 0 Å². The van der Waals surface area contributed by atoms with E-state index in [1.165, 1.54) is 18.6 Å². The van der Waals surface area contributed by atoms with Gasteiger partial charge in [-0.2, -0.15) is 0 Å². The van der Waals surface area contributed by atoms with Gasteiger partial charge < -0.3 is 15.4 Å². The molecular weight excluding hydrogens is 388 g/mol. The summed E-state index contributed by atoms with van der Waals surface area (Å²) in [5.41, 5.74) is 5.55. The number of hydrogen-bond donors (Lipinski definition) is 2. The Kier molecular flexibility index (Phi) is 7.22. The Hall–Kier alpha value is -3.86. The fourth-order valence-electron chi connectivity index (χ4n) is 3.06. The van der Waals surface area contributed by atoms with Crippen molar-refractivity contribution in [3.63, 3.8) is 0 Å². The molecule has 0 fully saturated rings. The van der Waals surface area contributed by atoms with E-state index in [0.29, 0.717) is 6.61 Å². The summed E-state index contributed by atoms with van der Waals surface area (Å²) in [4.78, 5) is 23.4. The molecular formula is C26H26N2O3. The first kappa shape index (κ1) is 21.8. The highest BCUT2D eigenvalue weighted by Crippen LogP contribution is 2.22. The van der Waals surface area contributed by atoms with Crippen molar-refractivity contribution >= 4 is 29.3 Å². The van der Waals surface area contributed by atoms with Crippen molar-refractivity contribution in [3.05, 3.63) is 95.1 Å². The first-order valence-corrected chi connectivity index (χ1v) is 10.0. The fraction of sp³-hybridized carbons (Fsp3) is 0.154. The van der Waals surface area contributed by atoms with Gasteiger partial charge in [-0.05, 0) is 66.9 Å². The van der Waals surface area contributed by atoms with Crippen molar-refractivity contribution in [2.75, 3.05) is 10.6 Å². The maximum atomic E-state index is 12.3. The second-order valence-corrected chi connectivity index (χ2v) is 7.38. The zero-order valence-electron chi connectivity index (χ0n) is 17.9. The molecule has 0 spiro atoms. The molecule has 0 aromatic heterocycles. The number of rotatable bonds is 7. The lowest BCUT2D eigenvalue weighted by molar-refractivity contribution is -0.114. The van der Waals surface area contributed by atoms with Gasteiger partial charge in [-0.25, -0.2) is 0 Å². The topological polar surface area (TPSA) is 67.4 Å². The molecule has 0 saturated heterocycles. The van der Waals surface area contributed by atoms with Crippen LogP contribution in [-0.2, 0) is 16.2 Å². The van der Waals surface area contributed by atoms with Crippen LogP contribution in [0.4, 0.5) is 11.4 Å². The standard InChI is InChI=1S/C26H26N2O3/c1-18-5-4-6-22(15-18)17-31-24-12-13-25(19(2)16-24)28-26(30)14-9-21-7-10-23(11-8-21)27-20(3)29/h4-16H,17H2,1-3H3,(H,27,29)(H,28,30)/b14-9+. The minimum absolute atomic E-state index is 0.121. The van der Waals surface area contributed by atoms with E-state index in [1.54, 1.807) is 18.2 Å². The zero-order valence-corrected chi connectivity index (χ0v) is 17.9. The van der Waals surface area contributed by atoms with Gasteiger partial charge in [-0.1, -0.05) is 42.0 Å². The number of hydrogen-bond acceptors (Lipinski definition) is 3. The number of benzene rings is 3. The van der Waals surface area contributed by atoms with E-state index in [4.69, 9.17) is 4.74 Å². The number of carbonyl (C=O) groups excluding carboxylic acids is 2. The Labute approximate surface area is 182 Å². The number of aryl methyl sites for hydroxylation is 2. The molecule has 3 aromatic carbocycles. The predicted octanol–water partition coefficient (Wildman–Crippen LogP) is 5.49. The lowest BCUT2D eigenvalue weighted by Crippen LogP contribution is -2.09. The smallest absolute Gasteiger partial charge is 0.248 e. The predicted molar refractivity (Wildman–Crippen MR) is 125 cm³/mol. The van der Waals surface area contributed by atoms with E-state index in [-0.39, 0.29) is 11.8 Å². The van der Waals surface area contributed by atoms with Gasteiger partial charge in [-0.15, -0.1) is 0 Å². The van der Waals surface area contributed by atoms with E-state index in [1.807, 2.05) is 49.4 Å². The number of carbonyl (C=O) groups is 2. The SMILES string of the molecule is CC(=O)Nc1ccc(/C=C/C(=O)Nc2ccc(OCc3cccc(C)c3)cc2C)cc1. The third-order valence-corrected chi connectivity index (χ3v) is 4.60. The summed E-state index contributed by atoms with van der Waals surface area (Å²) < 4.78 is 5.87. The number of ether oxygens (including phenoxy) is 1. The van der Waals surface area contributed by atoms with Crippen molar-refractivity contribution in [1.29, 1.82) is 0 Å². The molecule has 0 unspecified atom stereocenters. The highest BCUT2D eigenvalue weighted by atomic mass is 16.5. The minimum Gasteiger partial charge on any atom is -0.489 e. The molecule has 2 amide bonds. The van der Waals surface area contributed by atoms with Crippen LogP contribution in [0, 0.1) is 13.8 Å². The van der Waals surface area contributed by atoms with Crippen LogP contribution >= 0.6 is 0 Å². The summed E-state index contributed by atoms with van der Waals surface area (Å²) in [6.07, 6.45) is 3.20. The molecule has 0 heterocycles. The van der Waals surface area contributed by atoms with Gasteiger partial charge in [0.2, 0.25) is 11.8 Å². The maximum absolute atomic E-state index is 12.3. The third kappa shape index (κ3) is 6.85. The Bertz CT molecular complexity index is 1100. The molecule has 0 aliphatic carbocycles. The van der Waals surface area contributed by atoms with Crippen LogP contribution in [0.5, 0.6) is 5.75 Å². The van der Waals surface area contributed by atoms with Crippen LogP contribution in [-0.4, -0.2) is 11.8 Å². The van der Waals surface area contributed by atoms with E-state index < -0.39 is 0 Å². The summed E-state index contributed by atoms with van der Waals surface area (Å²) >= 11 is 0. The summed E-state index contributed by atoms with van der Waals surface area (Å²) in [5, 5.41) is 5.60. The molecule has 158 valence electrons. The summed E-state index contributed by atoms with van der Waals surface area (Å²) in [6.45, 7) is 5.94. The molecule has 0 saturated carbocycles. The summed E-state index contributed by atoms with van der Waals surface area (Å²) in [6, 6.07) is 21.1. The highest BCUT2D eigenvalue weighted by Gasteiger charge is 2.05. The van der Waals surface area contributed by atoms with Gasteiger partial charge in [0.15, 0.2) is 0 Å². The number of amides is 2. The lowest BCUT2D eigenvalue weighted by Gasteiger charge is -2.11. The Morgan fingerprint density at radius 3 is 2.39 bits per heavy atom. The van der Waals surface area contributed by atoms with Crippen LogP contribution in [0.1, 0.15) is 29.2 Å². The van der Waals surface area contributed by atoms with Gasteiger partial charge in [0.05, 0.1) is 0 Å². The largest absolute Gasteiger partial charge is 0.489 e. The molecule has 5 nitrogen and oxygen atoms in total. The van der Waals surface area contributed by atoms with Crippen molar-refractivity contribution in [2.24, 2.45) is 0 Å². The van der Waals surface area contributed by atoms with Crippen LogP contribution in [0.15, 0.2) is 72.8 Å². The zero-order chi connectivity index (χ0) is 22.2. The summed E-state index contributed by atoms with van der Waals surface area (Å²) in [7, 11) is 0. The van der Waals surface area contributed by atoms with Gasteiger partial charge in [-0.3, -0.25) is 9.59 Å². The monoisotopic (exact) mass is 414 g/mol. The second kappa shape index (κ2) is 10.3. The molecule has 0 bridgehead atoms. The Balaban J connectivity index is 1.56. The van der Waals surface area contributed by atoms with Gasteiger partial charge in [0.25, 0.3) is 0 Å². The number of anilines is 2. The van der Waals surface area contributed by atoms with Gasteiger partial charge in [0.1, 0.15) is 12.4 Å². The second-order valence-electron chi connectivity index (χ2n) is 7.38. The average Bonchev–Trinajstić information content (AvgIpc) is 2.73. The van der Waals surface area contributed by atoms with Gasteiger partial charge in [0, 0.05) is 24.4 Å². The first-order valence-electron chi connectivity index (χ1n) is 10.0. The lowest BCUT2D eigenvalue weighted by atomic mass is 10.1. The maximum Gasteiger partial charge on any atom is 0.248 e. The highest BCUT2D eigenvalue weighted by molar-refractivity contribution is 6.02. The van der Waals surface area contributed by atoms with Crippen molar-refractivity contribution in [3.8, 4) is 5.75 Å². The molecule has 0 atom stereocenters. The Morgan fingerprint density at radius 2 is 1.71 bits per heavy atom. The third-order valence-electron chi connectivity index (χ3n) is 4.60. The molecule has 0 aliphatic heterocycles. The van der Waals surface area contributed by atoms with E-state index in [0.717, 1.165) is 33.8 Å². The molecule has 31 heavy (non-hydrogen) atoms. The quantitative estimate of drug-likeness (QED) is 0.502. The summed E-state index contributed by atoms with van der Waals surface area (Å²) in [5.74, 6) is 0.416. The molecule has 0 radical (unpaired) electrons. The van der Waals surface area contributed by atoms with Crippen LogP contribution < -0.4 is 15.4 Å². The Morgan fingerprint density at radius 1 is 0.935 bits per heavy atom. The molecule has 3 aromatic rings. The molecule has 2 N–H and O–H groups in total. The normalized spacial score (nSPS) is 10.7. The number of nitrogens with one attached hydrogen (secondary N) is 2. The average molecular weight is 415 g/mol. The van der Waals surface area contributed by atoms with Gasteiger partial charge >= 0.3 is 0 Å². The minimum atomic E-state index is -0.220. The van der Waals surface area contributed by atoms with E-state index in [2.05, 4.69) is 29.7 Å². The van der Waals surface area contributed by atoms with Crippen molar-refractivity contribution in [1.82, 2.24) is 0 Å². The molecule has 0 aliphatic rings. The fourth-order valence-corrected chi connectivity index (χ4v) is 3.06. The van der Waals surface area contributed by atoms with Crippen LogP contribution in [0.3, 0.4) is 0 Å². The first-order chi connectivity index (χ1) is 14.9. The van der Waals surface area contributed by atoms with Crippen molar-refractivity contribution < 1.29 is 14.3 Å².